The summed E-state index contributed by atoms with van der Waals surface area (Å²) in [6.07, 6.45) is 1.05. The van der Waals surface area contributed by atoms with E-state index in [4.69, 9.17) is 4.74 Å². The quantitative estimate of drug-likeness (QED) is 0.626. The van der Waals surface area contributed by atoms with Crippen LogP contribution >= 0.6 is 0 Å². The lowest BCUT2D eigenvalue weighted by atomic mass is 10.5. The number of hydrogen-bond acceptors (Lipinski definition) is 1. The molecule has 1 atom stereocenters. The largest absolute Gasteiger partial charge is 0.385 e. The van der Waals surface area contributed by atoms with Crippen LogP contribution in [0.2, 0.25) is 38.3 Å². The van der Waals surface area contributed by atoms with Gasteiger partial charge in [-0.2, -0.15) is 0 Å². The fourth-order valence-corrected chi connectivity index (χ4v) is 1.96. The summed E-state index contributed by atoms with van der Waals surface area (Å²) in [6.45, 7) is 15.2. The number of rotatable bonds is 5. The first-order valence-electron chi connectivity index (χ1n) is 4.91. The molecule has 0 radical (unpaired) electrons. The fourth-order valence-electron chi connectivity index (χ4n) is 0.731. The predicted molar refractivity (Wildman–Crippen MR) is 62.5 cm³/mol. The van der Waals surface area contributed by atoms with Gasteiger partial charge in [-0.05, 0) is 5.54 Å². The van der Waals surface area contributed by atoms with Gasteiger partial charge in [0.15, 0.2) is 0 Å². The Hall–Kier alpha value is 0.394. The SMILES string of the molecule is CC(COC[SiH](C)C)[Si](C)(C)C. The monoisotopic (exact) mass is 204 g/mol. The molecule has 0 heterocycles. The summed E-state index contributed by atoms with van der Waals surface area (Å²) >= 11 is 0. The molecule has 0 aliphatic heterocycles. The van der Waals surface area contributed by atoms with Crippen molar-refractivity contribution in [2.24, 2.45) is 0 Å². The topological polar surface area (TPSA) is 9.23 Å². The summed E-state index contributed by atoms with van der Waals surface area (Å²) in [7, 11) is -1.43. The third-order valence-corrected chi connectivity index (χ3v) is 6.32. The van der Waals surface area contributed by atoms with Crippen LogP contribution in [-0.4, -0.2) is 29.7 Å². The van der Waals surface area contributed by atoms with E-state index in [1.165, 1.54) is 0 Å². The first-order valence-corrected chi connectivity index (χ1v) is 11.6. The van der Waals surface area contributed by atoms with Crippen molar-refractivity contribution in [1.29, 1.82) is 0 Å². The maximum Gasteiger partial charge on any atom is 0.0616 e. The van der Waals surface area contributed by atoms with Gasteiger partial charge in [-0.1, -0.05) is 39.7 Å². The van der Waals surface area contributed by atoms with E-state index >= 15 is 0 Å². The van der Waals surface area contributed by atoms with Crippen LogP contribution in [0.15, 0.2) is 0 Å². The molecule has 0 aromatic rings. The number of hydrogen-bond donors (Lipinski definition) is 0. The van der Waals surface area contributed by atoms with Crippen LogP contribution in [0.25, 0.3) is 0 Å². The van der Waals surface area contributed by atoms with Gasteiger partial charge in [-0.15, -0.1) is 0 Å². The summed E-state index contributed by atoms with van der Waals surface area (Å²) in [6, 6.07) is 0. The first kappa shape index (κ1) is 12.4. The molecule has 0 N–H and O–H groups in total. The van der Waals surface area contributed by atoms with Crippen molar-refractivity contribution >= 4 is 16.9 Å². The summed E-state index contributed by atoms with van der Waals surface area (Å²) in [5.74, 6) is 0. The predicted octanol–water partition coefficient (Wildman–Crippen LogP) is 2.76. The standard InChI is InChI=1S/C9H24OSi2/c1-9(12(4,5)6)7-10-8-11(2)3/h9,11H,7-8H2,1-6H3. The van der Waals surface area contributed by atoms with Gasteiger partial charge in [0.05, 0.1) is 8.80 Å². The van der Waals surface area contributed by atoms with Crippen molar-refractivity contribution in [3.63, 3.8) is 0 Å². The Balaban J connectivity index is 3.51. The molecule has 0 spiro atoms. The van der Waals surface area contributed by atoms with Gasteiger partial charge >= 0.3 is 0 Å². The highest BCUT2D eigenvalue weighted by Crippen LogP contribution is 2.20. The van der Waals surface area contributed by atoms with Gasteiger partial charge in [0.2, 0.25) is 0 Å². The first-order chi connectivity index (χ1) is 5.34. The molecule has 1 unspecified atom stereocenters. The zero-order valence-electron chi connectivity index (χ0n) is 9.48. The van der Waals surface area contributed by atoms with Crippen molar-refractivity contribution in [3.8, 4) is 0 Å². The fraction of sp³-hybridized carbons (Fsp3) is 1.00. The third kappa shape index (κ3) is 5.97. The van der Waals surface area contributed by atoms with E-state index in [-0.39, 0.29) is 0 Å². The molecule has 0 amide bonds. The minimum atomic E-state index is -0.942. The van der Waals surface area contributed by atoms with E-state index in [0.29, 0.717) is 0 Å². The van der Waals surface area contributed by atoms with Crippen LogP contribution in [0.3, 0.4) is 0 Å². The maximum absolute atomic E-state index is 5.68. The molecular weight excluding hydrogens is 180 g/mol. The molecule has 0 bridgehead atoms. The van der Waals surface area contributed by atoms with E-state index < -0.39 is 16.9 Å². The van der Waals surface area contributed by atoms with E-state index in [2.05, 4.69) is 39.7 Å². The number of ether oxygens (including phenoxy) is 1. The highest BCUT2D eigenvalue weighted by Gasteiger charge is 2.22. The molecule has 0 aromatic carbocycles. The van der Waals surface area contributed by atoms with Gasteiger partial charge < -0.3 is 4.74 Å². The molecule has 74 valence electrons. The van der Waals surface area contributed by atoms with E-state index in [0.717, 1.165) is 18.4 Å². The van der Waals surface area contributed by atoms with Gasteiger partial charge in [-0.25, -0.2) is 0 Å². The van der Waals surface area contributed by atoms with E-state index in [1.54, 1.807) is 0 Å². The Morgan fingerprint density at radius 3 is 2.08 bits per heavy atom. The Kier molecular flexibility index (Phi) is 5.36. The lowest BCUT2D eigenvalue weighted by Gasteiger charge is -2.25. The van der Waals surface area contributed by atoms with E-state index in [9.17, 15) is 0 Å². The summed E-state index contributed by atoms with van der Waals surface area (Å²) in [4.78, 5) is 0. The lowest BCUT2D eigenvalue weighted by Crippen LogP contribution is -2.30. The minimum Gasteiger partial charge on any atom is -0.385 e. The molecular formula is C9H24OSi2. The summed E-state index contributed by atoms with van der Waals surface area (Å²) in [5, 5.41) is 0. The molecule has 0 fully saturated rings. The van der Waals surface area contributed by atoms with Gasteiger partial charge in [0.1, 0.15) is 0 Å². The van der Waals surface area contributed by atoms with Crippen molar-refractivity contribution < 1.29 is 4.74 Å². The molecule has 0 saturated carbocycles. The second-order valence-electron chi connectivity index (χ2n) is 5.20. The van der Waals surface area contributed by atoms with Gasteiger partial charge in [0, 0.05) is 20.9 Å². The van der Waals surface area contributed by atoms with Crippen molar-refractivity contribution in [1.82, 2.24) is 0 Å². The molecule has 3 heteroatoms. The average Bonchev–Trinajstić information content (AvgIpc) is 1.84. The van der Waals surface area contributed by atoms with Crippen LogP contribution in [0.4, 0.5) is 0 Å². The molecule has 0 aliphatic carbocycles. The van der Waals surface area contributed by atoms with Crippen molar-refractivity contribution in [2.45, 2.75) is 45.2 Å². The van der Waals surface area contributed by atoms with Gasteiger partial charge in [0.25, 0.3) is 0 Å². The van der Waals surface area contributed by atoms with Crippen LogP contribution < -0.4 is 0 Å². The third-order valence-electron chi connectivity index (χ3n) is 2.30. The second kappa shape index (κ2) is 5.19. The normalized spacial score (nSPS) is 15.2. The molecule has 0 aliphatic rings. The second-order valence-corrected chi connectivity index (χ2v) is 14.0. The Morgan fingerprint density at radius 2 is 1.75 bits per heavy atom. The lowest BCUT2D eigenvalue weighted by molar-refractivity contribution is 0.174. The van der Waals surface area contributed by atoms with Crippen LogP contribution in [0.5, 0.6) is 0 Å². The zero-order valence-corrected chi connectivity index (χ0v) is 11.6. The summed E-state index contributed by atoms with van der Waals surface area (Å²) in [5.41, 5.74) is 0.797. The average molecular weight is 204 g/mol. The van der Waals surface area contributed by atoms with Crippen LogP contribution in [0, 0.1) is 0 Å². The van der Waals surface area contributed by atoms with E-state index in [1.807, 2.05) is 0 Å². The molecule has 0 aromatic heterocycles. The molecule has 1 nitrogen and oxygen atoms in total. The zero-order chi connectivity index (χ0) is 9.78. The highest BCUT2D eigenvalue weighted by atomic mass is 28.3. The Labute approximate surface area is 80.1 Å². The smallest absolute Gasteiger partial charge is 0.0616 e. The van der Waals surface area contributed by atoms with Gasteiger partial charge in [-0.3, -0.25) is 0 Å². The summed E-state index contributed by atoms with van der Waals surface area (Å²) < 4.78 is 5.68. The Bertz CT molecular complexity index is 118. The minimum absolute atomic E-state index is 0.490. The highest BCUT2D eigenvalue weighted by molar-refractivity contribution is 6.77. The van der Waals surface area contributed by atoms with Crippen LogP contribution in [0.1, 0.15) is 6.92 Å². The molecule has 0 rings (SSSR count). The maximum atomic E-state index is 5.68. The van der Waals surface area contributed by atoms with Crippen molar-refractivity contribution in [2.75, 3.05) is 12.8 Å². The van der Waals surface area contributed by atoms with Crippen molar-refractivity contribution in [3.05, 3.63) is 0 Å². The molecule has 0 saturated heterocycles. The van der Waals surface area contributed by atoms with Crippen LogP contribution in [-0.2, 0) is 4.74 Å². The Morgan fingerprint density at radius 1 is 1.25 bits per heavy atom. The molecule has 12 heavy (non-hydrogen) atoms.